The Morgan fingerprint density at radius 3 is 2.62 bits per heavy atom. The maximum atomic E-state index is 5.50. The van der Waals surface area contributed by atoms with E-state index in [1.165, 1.54) is 38.6 Å². The maximum absolute atomic E-state index is 5.50. The van der Waals surface area contributed by atoms with E-state index in [9.17, 15) is 0 Å². The van der Waals surface area contributed by atoms with Crippen molar-refractivity contribution in [2.24, 2.45) is 17.8 Å². The van der Waals surface area contributed by atoms with Crippen LogP contribution in [0.5, 0.6) is 0 Å². The molecule has 1 saturated heterocycles. The lowest BCUT2D eigenvalue weighted by Crippen LogP contribution is -2.49. The standard InChI is InChI=1S/C18H36N2O/c1-15(2)11-18(20-7-9-21-10-8-20)14-19-13-17-6-4-5-16(3)12-17/h15-19H,4-14H2,1-3H3. The predicted octanol–water partition coefficient (Wildman–Crippen LogP) is 3.15. The number of nitrogens with zero attached hydrogens (tertiary/aromatic N) is 1. The van der Waals surface area contributed by atoms with Crippen LogP contribution in [-0.2, 0) is 4.74 Å². The zero-order valence-electron chi connectivity index (χ0n) is 14.4. The van der Waals surface area contributed by atoms with Gasteiger partial charge in [0.25, 0.3) is 0 Å². The normalized spacial score (nSPS) is 29.7. The van der Waals surface area contributed by atoms with Gasteiger partial charge in [-0.1, -0.05) is 33.6 Å². The van der Waals surface area contributed by atoms with Gasteiger partial charge >= 0.3 is 0 Å². The van der Waals surface area contributed by atoms with Gasteiger partial charge in [-0.15, -0.1) is 0 Å². The van der Waals surface area contributed by atoms with Crippen LogP contribution in [-0.4, -0.2) is 50.3 Å². The van der Waals surface area contributed by atoms with Crippen molar-refractivity contribution in [3.05, 3.63) is 0 Å². The summed E-state index contributed by atoms with van der Waals surface area (Å²) in [4.78, 5) is 2.64. The van der Waals surface area contributed by atoms with Gasteiger partial charge in [0.2, 0.25) is 0 Å². The third kappa shape index (κ3) is 6.25. The van der Waals surface area contributed by atoms with Gasteiger partial charge in [-0.3, -0.25) is 4.90 Å². The quantitative estimate of drug-likeness (QED) is 0.781. The number of nitrogens with one attached hydrogen (secondary N) is 1. The molecule has 21 heavy (non-hydrogen) atoms. The Morgan fingerprint density at radius 2 is 1.95 bits per heavy atom. The SMILES string of the molecule is CC(C)CC(CNCC1CCCC(C)C1)N1CCOCC1. The van der Waals surface area contributed by atoms with Crippen LogP contribution >= 0.6 is 0 Å². The zero-order valence-corrected chi connectivity index (χ0v) is 14.4. The molecule has 3 atom stereocenters. The maximum Gasteiger partial charge on any atom is 0.0594 e. The largest absolute Gasteiger partial charge is 0.379 e. The molecule has 0 aromatic rings. The third-order valence-electron chi connectivity index (χ3n) is 5.16. The molecule has 0 radical (unpaired) electrons. The second-order valence-corrected chi connectivity index (χ2v) is 7.73. The van der Waals surface area contributed by atoms with Crippen LogP contribution in [0, 0.1) is 17.8 Å². The van der Waals surface area contributed by atoms with Crippen molar-refractivity contribution in [1.29, 1.82) is 0 Å². The van der Waals surface area contributed by atoms with E-state index in [1.807, 2.05) is 0 Å². The molecular weight excluding hydrogens is 260 g/mol. The van der Waals surface area contributed by atoms with Gasteiger partial charge in [-0.2, -0.15) is 0 Å². The molecule has 3 unspecified atom stereocenters. The van der Waals surface area contributed by atoms with Gasteiger partial charge < -0.3 is 10.1 Å². The van der Waals surface area contributed by atoms with Crippen LogP contribution < -0.4 is 5.32 Å². The Labute approximate surface area is 131 Å². The molecule has 2 aliphatic rings. The molecule has 3 nitrogen and oxygen atoms in total. The highest BCUT2D eigenvalue weighted by Crippen LogP contribution is 2.28. The molecule has 1 heterocycles. The lowest BCUT2D eigenvalue weighted by atomic mass is 9.82. The van der Waals surface area contributed by atoms with Crippen LogP contribution in [0.3, 0.4) is 0 Å². The Bertz CT molecular complexity index is 276. The average molecular weight is 296 g/mol. The Hall–Kier alpha value is -0.120. The van der Waals surface area contributed by atoms with Crippen molar-refractivity contribution in [1.82, 2.24) is 10.2 Å². The summed E-state index contributed by atoms with van der Waals surface area (Å²) < 4.78 is 5.50. The van der Waals surface area contributed by atoms with Crippen molar-refractivity contribution >= 4 is 0 Å². The molecule has 0 aromatic heterocycles. The van der Waals surface area contributed by atoms with E-state index in [-0.39, 0.29) is 0 Å². The van der Waals surface area contributed by atoms with E-state index in [2.05, 4.69) is 31.0 Å². The third-order valence-corrected chi connectivity index (χ3v) is 5.16. The highest BCUT2D eigenvalue weighted by atomic mass is 16.5. The number of rotatable bonds is 7. The van der Waals surface area contributed by atoms with Crippen molar-refractivity contribution in [3.8, 4) is 0 Å². The van der Waals surface area contributed by atoms with Gasteiger partial charge in [-0.05, 0) is 43.6 Å². The van der Waals surface area contributed by atoms with Gasteiger partial charge in [0.1, 0.15) is 0 Å². The van der Waals surface area contributed by atoms with E-state index in [0.717, 1.165) is 50.6 Å². The summed E-state index contributed by atoms with van der Waals surface area (Å²) in [6, 6.07) is 0.690. The van der Waals surface area contributed by atoms with Crippen molar-refractivity contribution < 1.29 is 4.74 Å². The summed E-state index contributed by atoms with van der Waals surface area (Å²) in [5.74, 6) is 2.63. The molecule has 2 rings (SSSR count). The Balaban J connectivity index is 1.72. The summed E-state index contributed by atoms with van der Waals surface area (Å²) in [6.07, 6.45) is 7.05. The van der Waals surface area contributed by atoms with Crippen LogP contribution in [0.2, 0.25) is 0 Å². The highest BCUT2D eigenvalue weighted by Gasteiger charge is 2.23. The van der Waals surface area contributed by atoms with E-state index < -0.39 is 0 Å². The first-order valence-electron chi connectivity index (χ1n) is 9.17. The number of hydrogen-bond acceptors (Lipinski definition) is 3. The van der Waals surface area contributed by atoms with E-state index in [0.29, 0.717) is 6.04 Å². The smallest absolute Gasteiger partial charge is 0.0594 e. The molecule has 124 valence electrons. The summed E-state index contributed by atoms with van der Waals surface area (Å²) in [7, 11) is 0. The fourth-order valence-corrected chi connectivity index (χ4v) is 4.05. The van der Waals surface area contributed by atoms with E-state index in [4.69, 9.17) is 4.74 Å². The molecular formula is C18H36N2O. The van der Waals surface area contributed by atoms with Crippen LogP contribution in [0.25, 0.3) is 0 Å². The topological polar surface area (TPSA) is 24.5 Å². The summed E-state index contributed by atoms with van der Waals surface area (Å²) in [5.41, 5.74) is 0. The molecule has 2 fully saturated rings. The van der Waals surface area contributed by atoms with Crippen LogP contribution in [0.4, 0.5) is 0 Å². The number of morpholine rings is 1. The minimum absolute atomic E-state index is 0.690. The van der Waals surface area contributed by atoms with E-state index in [1.54, 1.807) is 0 Å². The molecule has 0 spiro atoms. The van der Waals surface area contributed by atoms with Gasteiger partial charge in [-0.25, -0.2) is 0 Å². The van der Waals surface area contributed by atoms with Crippen molar-refractivity contribution in [3.63, 3.8) is 0 Å². The molecule has 1 aliphatic carbocycles. The van der Waals surface area contributed by atoms with Gasteiger partial charge in [0.15, 0.2) is 0 Å². The predicted molar refractivity (Wildman–Crippen MR) is 89.6 cm³/mol. The fraction of sp³-hybridized carbons (Fsp3) is 1.00. The fourth-order valence-electron chi connectivity index (χ4n) is 4.05. The molecule has 1 saturated carbocycles. The second-order valence-electron chi connectivity index (χ2n) is 7.73. The molecule has 0 aromatic carbocycles. The Kier molecular flexibility index (Phi) is 7.48. The Morgan fingerprint density at radius 1 is 1.19 bits per heavy atom. The molecule has 3 heteroatoms. The monoisotopic (exact) mass is 296 g/mol. The lowest BCUT2D eigenvalue weighted by molar-refractivity contribution is 0.0121. The van der Waals surface area contributed by atoms with Crippen LogP contribution in [0.1, 0.15) is 52.9 Å². The molecule has 0 amide bonds. The second kappa shape index (κ2) is 9.12. The van der Waals surface area contributed by atoms with Gasteiger partial charge in [0.05, 0.1) is 13.2 Å². The first-order chi connectivity index (χ1) is 10.1. The first-order valence-corrected chi connectivity index (χ1v) is 9.17. The molecule has 0 bridgehead atoms. The minimum atomic E-state index is 0.690. The minimum Gasteiger partial charge on any atom is -0.379 e. The molecule has 1 aliphatic heterocycles. The summed E-state index contributed by atoms with van der Waals surface area (Å²) in [6.45, 7) is 13.5. The first kappa shape index (κ1) is 17.2. The van der Waals surface area contributed by atoms with Gasteiger partial charge in [0, 0.05) is 25.7 Å². The average Bonchev–Trinajstić information content (AvgIpc) is 2.47. The number of ether oxygens (including phenoxy) is 1. The summed E-state index contributed by atoms with van der Waals surface area (Å²) >= 11 is 0. The summed E-state index contributed by atoms with van der Waals surface area (Å²) in [5, 5.41) is 3.80. The highest BCUT2D eigenvalue weighted by molar-refractivity contribution is 4.79. The lowest BCUT2D eigenvalue weighted by Gasteiger charge is -2.36. The van der Waals surface area contributed by atoms with E-state index >= 15 is 0 Å². The van der Waals surface area contributed by atoms with Crippen LogP contribution in [0.15, 0.2) is 0 Å². The number of hydrogen-bond donors (Lipinski definition) is 1. The van der Waals surface area contributed by atoms with Crippen molar-refractivity contribution in [2.75, 3.05) is 39.4 Å². The molecule has 1 N–H and O–H groups in total. The zero-order chi connectivity index (χ0) is 15.1. The van der Waals surface area contributed by atoms with Crippen molar-refractivity contribution in [2.45, 2.75) is 58.9 Å².